The number of likely N-dealkylation sites (N-methyl/N-ethyl adjacent to an activating group) is 1. The molecule has 0 aromatic carbocycles. The summed E-state index contributed by atoms with van der Waals surface area (Å²) < 4.78 is 5.13. The third-order valence-corrected chi connectivity index (χ3v) is 4.43. The van der Waals surface area contributed by atoms with E-state index >= 15 is 0 Å². The van der Waals surface area contributed by atoms with Crippen LogP contribution in [0.4, 0.5) is 0 Å². The fourth-order valence-corrected chi connectivity index (χ4v) is 2.57. The molecule has 0 aliphatic rings. The predicted octanol–water partition coefficient (Wildman–Crippen LogP) is 5.17. The van der Waals surface area contributed by atoms with Gasteiger partial charge in [-0.3, -0.25) is 10.2 Å². The van der Waals surface area contributed by atoms with Crippen molar-refractivity contribution in [1.82, 2.24) is 4.90 Å². The van der Waals surface area contributed by atoms with E-state index in [9.17, 15) is 4.79 Å². The minimum Gasteiger partial charge on any atom is -0.464 e. The molecule has 0 aliphatic heterocycles. The van der Waals surface area contributed by atoms with Crippen LogP contribution in [0, 0.1) is 5.41 Å². The van der Waals surface area contributed by atoms with Crippen LogP contribution in [0.3, 0.4) is 0 Å². The van der Waals surface area contributed by atoms with Gasteiger partial charge in [0, 0.05) is 13.5 Å². The smallest absolute Gasteiger partial charge is 0.305 e. The topological polar surface area (TPSA) is 79.4 Å². The monoisotopic (exact) mass is 379 g/mol. The van der Waals surface area contributed by atoms with Crippen molar-refractivity contribution >= 4 is 11.9 Å². The van der Waals surface area contributed by atoms with E-state index in [2.05, 4.69) is 31.2 Å². The zero-order chi connectivity index (χ0) is 20.2. The van der Waals surface area contributed by atoms with Crippen molar-refractivity contribution in [3.8, 4) is 0 Å². The minimum atomic E-state index is -0.155. The maximum atomic E-state index is 11.6. The number of guanidine groups is 1. The van der Waals surface area contributed by atoms with Gasteiger partial charge in [0.15, 0.2) is 5.96 Å². The summed E-state index contributed by atoms with van der Waals surface area (Å²) >= 11 is 0. The maximum absolute atomic E-state index is 11.6. The van der Waals surface area contributed by atoms with E-state index in [0.29, 0.717) is 13.0 Å². The lowest BCUT2D eigenvalue weighted by atomic mass is 10.1. The first-order valence-corrected chi connectivity index (χ1v) is 10.6. The Bertz CT molecular complexity index is 433. The maximum Gasteiger partial charge on any atom is 0.305 e. The van der Waals surface area contributed by atoms with Gasteiger partial charge in [-0.25, -0.2) is 0 Å². The van der Waals surface area contributed by atoms with Crippen molar-refractivity contribution in [1.29, 1.82) is 5.41 Å². The lowest BCUT2D eigenvalue weighted by molar-refractivity contribution is -0.143. The Morgan fingerprint density at radius 1 is 0.963 bits per heavy atom. The molecule has 0 atom stereocenters. The van der Waals surface area contributed by atoms with Crippen LogP contribution in [0.1, 0.15) is 84.0 Å². The number of hydrogen-bond donors (Lipinski definition) is 2. The Kier molecular flexibility index (Phi) is 17.7. The molecule has 0 unspecified atom stereocenters. The van der Waals surface area contributed by atoms with Crippen LogP contribution in [0.15, 0.2) is 24.3 Å². The molecular weight excluding hydrogens is 338 g/mol. The standard InChI is InChI=1S/C22H41N3O2/c1-3-4-5-6-7-8-9-10-11-12-13-14-15-16-17-18-21(26)27-20-19-25(2)22(23)24/h7-8,10-11H,3-6,9,12-20H2,1-2H3,(H3,23,24)/b8-7-,11-10-. The number of unbranched alkanes of at least 4 members (excludes halogenated alkanes) is 8. The van der Waals surface area contributed by atoms with Gasteiger partial charge < -0.3 is 15.4 Å². The van der Waals surface area contributed by atoms with Crippen LogP contribution in [-0.2, 0) is 9.53 Å². The summed E-state index contributed by atoms with van der Waals surface area (Å²) in [6, 6.07) is 0. The van der Waals surface area contributed by atoms with Gasteiger partial charge in [0.1, 0.15) is 6.61 Å². The van der Waals surface area contributed by atoms with Crippen molar-refractivity contribution in [2.24, 2.45) is 5.73 Å². The fourth-order valence-electron chi connectivity index (χ4n) is 2.57. The number of ether oxygens (including phenoxy) is 1. The Balaban J connectivity index is 3.35. The van der Waals surface area contributed by atoms with Crippen molar-refractivity contribution < 1.29 is 9.53 Å². The molecule has 0 spiro atoms. The van der Waals surface area contributed by atoms with Gasteiger partial charge in [0.2, 0.25) is 0 Å². The highest BCUT2D eigenvalue weighted by atomic mass is 16.5. The van der Waals surface area contributed by atoms with Crippen molar-refractivity contribution in [2.45, 2.75) is 84.0 Å². The molecule has 5 nitrogen and oxygen atoms in total. The van der Waals surface area contributed by atoms with E-state index in [4.69, 9.17) is 15.9 Å². The molecule has 27 heavy (non-hydrogen) atoms. The number of rotatable bonds is 17. The Hall–Kier alpha value is -1.78. The molecule has 0 fully saturated rings. The van der Waals surface area contributed by atoms with E-state index in [1.807, 2.05) is 0 Å². The molecule has 0 aliphatic carbocycles. The Morgan fingerprint density at radius 2 is 1.56 bits per heavy atom. The average molecular weight is 380 g/mol. The number of esters is 1. The van der Waals surface area contributed by atoms with Crippen molar-refractivity contribution in [3.05, 3.63) is 24.3 Å². The number of hydrogen-bond acceptors (Lipinski definition) is 3. The molecule has 0 saturated heterocycles. The van der Waals surface area contributed by atoms with E-state index in [1.165, 1.54) is 44.9 Å². The fraction of sp³-hybridized carbons (Fsp3) is 0.727. The number of nitrogens with one attached hydrogen (secondary N) is 1. The molecule has 0 saturated carbocycles. The van der Waals surface area contributed by atoms with Crippen LogP contribution in [0.25, 0.3) is 0 Å². The molecule has 3 N–H and O–H groups in total. The molecule has 0 heterocycles. The normalized spacial score (nSPS) is 11.3. The molecular formula is C22H41N3O2. The quantitative estimate of drug-likeness (QED) is 0.120. The number of nitrogens with zero attached hydrogens (tertiary/aromatic N) is 1. The average Bonchev–Trinajstić information content (AvgIpc) is 2.64. The number of nitrogens with two attached hydrogens (primary N) is 1. The Morgan fingerprint density at radius 3 is 2.19 bits per heavy atom. The highest BCUT2D eigenvalue weighted by Crippen LogP contribution is 2.08. The summed E-state index contributed by atoms with van der Waals surface area (Å²) in [4.78, 5) is 13.1. The van der Waals surface area contributed by atoms with Gasteiger partial charge in [-0.05, 0) is 38.5 Å². The summed E-state index contributed by atoms with van der Waals surface area (Å²) in [6.45, 7) is 2.98. The molecule has 0 radical (unpaired) electrons. The molecule has 0 aromatic rings. The molecule has 0 aromatic heterocycles. The summed E-state index contributed by atoms with van der Waals surface area (Å²) in [7, 11) is 1.71. The number of carbonyl (C=O) groups is 1. The zero-order valence-electron chi connectivity index (χ0n) is 17.5. The van der Waals surface area contributed by atoms with E-state index in [-0.39, 0.29) is 18.5 Å². The number of allylic oxidation sites excluding steroid dienone is 4. The van der Waals surface area contributed by atoms with Crippen molar-refractivity contribution in [2.75, 3.05) is 20.2 Å². The molecule has 156 valence electrons. The van der Waals surface area contributed by atoms with Crippen LogP contribution >= 0.6 is 0 Å². The van der Waals surface area contributed by atoms with Gasteiger partial charge in [-0.15, -0.1) is 0 Å². The first-order chi connectivity index (χ1) is 13.1. The van der Waals surface area contributed by atoms with Crippen LogP contribution in [-0.4, -0.2) is 37.0 Å². The molecule has 0 bridgehead atoms. The highest BCUT2D eigenvalue weighted by molar-refractivity contribution is 5.74. The highest BCUT2D eigenvalue weighted by Gasteiger charge is 2.04. The summed E-state index contributed by atoms with van der Waals surface area (Å²) in [5.74, 6) is -0.169. The summed E-state index contributed by atoms with van der Waals surface area (Å²) in [5, 5.41) is 7.22. The van der Waals surface area contributed by atoms with Crippen LogP contribution < -0.4 is 5.73 Å². The second-order valence-electron chi connectivity index (χ2n) is 7.01. The van der Waals surface area contributed by atoms with E-state index in [1.54, 1.807) is 11.9 Å². The zero-order valence-corrected chi connectivity index (χ0v) is 17.5. The van der Waals surface area contributed by atoms with E-state index in [0.717, 1.165) is 25.7 Å². The predicted molar refractivity (Wildman–Crippen MR) is 115 cm³/mol. The number of carbonyl (C=O) groups excluding carboxylic acids is 1. The van der Waals surface area contributed by atoms with E-state index < -0.39 is 0 Å². The third-order valence-electron chi connectivity index (χ3n) is 4.43. The van der Waals surface area contributed by atoms with Crippen molar-refractivity contribution in [3.63, 3.8) is 0 Å². The summed E-state index contributed by atoms with van der Waals surface area (Å²) in [6.07, 6.45) is 22.5. The van der Waals surface area contributed by atoms with Gasteiger partial charge in [0.05, 0.1) is 6.54 Å². The SMILES string of the molecule is CCCCC/C=C\C/C=C\CCCCCCCC(=O)OCCN(C)C(=N)N. The van der Waals surface area contributed by atoms with Gasteiger partial charge in [0.25, 0.3) is 0 Å². The first kappa shape index (κ1) is 25.2. The first-order valence-electron chi connectivity index (χ1n) is 10.6. The van der Waals surface area contributed by atoms with Gasteiger partial charge >= 0.3 is 5.97 Å². The van der Waals surface area contributed by atoms with Crippen LogP contribution in [0.5, 0.6) is 0 Å². The lowest BCUT2D eigenvalue weighted by Crippen LogP contribution is -2.35. The molecule has 0 rings (SSSR count). The third kappa shape index (κ3) is 18.8. The van der Waals surface area contributed by atoms with Gasteiger partial charge in [-0.2, -0.15) is 0 Å². The van der Waals surface area contributed by atoms with Gasteiger partial charge in [-0.1, -0.05) is 63.3 Å². The molecule has 0 amide bonds. The molecule has 5 heteroatoms. The lowest BCUT2D eigenvalue weighted by Gasteiger charge is -2.16. The van der Waals surface area contributed by atoms with Crippen LogP contribution in [0.2, 0.25) is 0 Å². The largest absolute Gasteiger partial charge is 0.464 e. The minimum absolute atomic E-state index is 0.0141. The second-order valence-corrected chi connectivity index (χ2v) is 7.01. The Labute approximate surface area is 166 Å². The second kappa shape index (κ2) is 19.0. The summed E-state index contributed by atoms with van der Waals surface area (Å²) in [5.41, 5.74) is 5.31.